The quantitative estimate of drug-likeness (QED) is 0.677. The monoisotopic (exact) mass is 211 g/mol. The molecule has 4 nitrogen and oxygen atoms in total. The normalized spacial score (nSPS) is 26.7. The molecule has 2 N–H and O–H groups in total. The molecule has 0 aromatic rings. The van der Waals surface area contributed by atoms with Gasteiger partial charge in [0.2, 0.25) is 5.91 Å². The van der Waals surface area contributed by atoms with Crippen molar-refractivity contribution >= 4 is 5.91 Å². The first kappa shape index (κ1) is 10.9. The second-order valence-corrected chi connectivity index (χ2v) is 4.77. The van der Waals surface area contributed by atoms with Crippen molar-refractivity contribution in [3.63, 3.8) is 0 Å². The minimum atomic E-state index is 0.254. The summed E-state index contributed by atoms with van der Waals surface area (Å²) in [5.41, 5.74) is 0. The molecule has 1 atom stereocenters. The third kappa shape index (κ3) is 3.47. The molecular formula is C11H21N3O. The topological polar surface area (TPSA) is 44.4 Å². The number of piperazine rings is 1. The van der Waals surface area contributed by atoms with E-state index in [-0.39, 0.29) is 5.91 Å². The molecule has 2 rings (SSSR count). The number of carbonyl (C=O) groups is 1. The first-order valence-electron chi connectivity index (χ1n) is 5.97. The van der Waals surface area contributed by atoms with E-state index < -0.39 is 0 Å². The molecule has 1 heterocycles. The molecular weight excluding hydrogens is 190 g/mol. The zero-order valence-electron chi connectivity index (χ0n) is 9.46. The Balaban J connectivity index is 1.64. The third-order valence-corrected chi connectivity index (χ3v) is 3.13. The lowest BCUT2D eigenvalue weighted by molar-refractivity contribution is -0.131. The second kappa shape index (κ2) is 4.94. The maximum Gasteiger partial charge on any atom is 0.236 e. The van der Waals surface area contributed by atoms with Crippen LogP contribution in [0.15, 0.2) is 0 Å². The van der Waals surface area contributed by atoms with E-state index in [1.165, 1.54) is 12.8 Å². The summed E-state index contributed by atoms with van der Waals surface area (Å²) >= 11 is 0. The Labute approximate surface area is 91.4 Å². The van der Waals surface area contributed by atoms with Crippen molar-refractivity contribution < 1.29 is 4.79 Å². The van der Waals surface area contributed by atoms with Crippen LogP contribution < -0.4 is 10.6 Å². The molecule has 2 fully saturated rings. The number of amides is 1. The van der Waals surface area contributed by atoms with Crippen LogP contribution in [0, 0.1) is 5.92 Å². The fraction of sp³-hybridized carbons (Fsp3) is 0.909. The smallest absolute Gasteiger partial charge is 0.236 e. The molecule has 4 heteroatoms. The van der Waals surface area contributed by atoms with Crippen LogP contribution in [0.25, 0.3) is 0 Å². The van der Waals surface area contributed by atoms with Crippen LogP contribution in [-0.2, 0) is 4.79 Å². The van der Waals surface area contributed by atoms with Crippen molar-refractivity contribution in [3.05, 3.63) is 0 Å². The molecule has 0 bridgehead atoms. The van der Waals surface area contributed by atoms with Gasteiger partial charge in [-0.05, 0) is 32.2 Å². The minimum Gasteiger partial charge on any atom is -0.339 e. The molecule has 0 spiro atoms. The fourth-order valence-corrected chi connectivity index (χ4v) is 1.98. The molecule has 2 aliphatic rings. The van der Waals surface area contributed by atoms with Gasteiger partial charge in [0.25, 0.3) is 0 Å². The summed E-state index contributed by atoms with van der Waals surface area (Å²) in [5, 5.41) is 6.58. The van der Waals surface area contributed by atoms with Gasteiger partial charge in [-0.3, -0.25) is 4.79 Å². The van der Waals surface area contributed by atoms with Gasteiger partial charge in [0.1, 0.15) is 0 Å². The van der Waals surface area contributed by atoms with Gasteiger partial charge in [0.05, 0.1) is 6.54 Å². The van der Waals surface area contributed by atoms with Crippen LogP contribution in [0.3, 0.4) is 0 Å². The lowest BCUT2D eigenvalue weighted by atomic mass is 10.2. The summed E-state index contributed by atoms with van der Waals surface area (Å²) in [6, 6.07) is 0.436. The van der Waals surface area contributed by atoms with Crippen molar-refractivity contribution in [1.29, 1.82) is 0 Å². The SMILES string of the molecule is C[C@H]1CN(C(=O)CNCC2CC2)CCN1. The number of nitrogens with zero attached hydrogens (tertiary/aromatic N) is 1. The third-order valence-electron chi connectivity index (χ3n) is 3.13. The Morgan fingerprint density at radius 1 is 1.53 bits per heavy atom. The maximum absolute atomic E-state index is 11.8. The van der Waals surface area contributed by atoms with Crippen LogP contribution in [0.5, 0.6) is 0 Å². The Hall–Kier alpha value is -0.610. The molecule has 86 valence electrons. The molecule has 15 heavy (non-hydrogen) atoms. The highest BCUT2D eigenvalue weighted by atomic mass is 16.2. The van der Waals surface area contributed by atoms with Crippen LogP contribution in [0.2, 0.25) is 0 Å². The average molecular weight is 211 g/mol. The number of nitrogens with one attached hydrogen (secondary N) is 2. The highest BCUT2D eigenvalue weighted by Crippen LogP contribution is 2.27. The molecule has 0 aromatic heterocycles. The lowest BCUT2D eigenvalue weighted by Crippen LogP contribution is -2.53. The summed E-state index contributed by atoms with van der Waals surface area (Å²) in [7, 11) is 0. The van der Waals surface area contributed by atoms with E-state index in [1.807, 2.05) is 4.90 Å². The van der Waals surface area contributed by atoms with Gasteiger partial charge in [-0.25, -0.2) is 0 Å². The standard InChI is InChI=1S/C11H21N3O/c1-9-8-14(5-4-13-9)11(15)7-12-6-10-2-3-10/h9-10,12-13H,2-8H2,1H3/t9-/m0/s1. The van der Waals surface area contributed by atoms with E-state index in [9.17, 15) is 4.79 Å². The Kier molecular flexibility index (Phi) is 3.59. The van der Waals surface area contributed by atoms with Crippen molar-refractivity contribution in [2.75, 3.05) is 32.7 Å². The Morgan fingerprint density at radius 2 is 2.33 bits per heavy atom. The molecule has 0 aromatic carbocycles. The zero-order chi connectivity index (χ0) is 10.7. The minimum absolute atomic E-state index is 0.254. The van der Waals surface area contributed by atoms with Crippen LogP contribution >= 0.6 is 0 Å². The number of hydrogen-bond acceptors (Lipinski definition) is 3. The van der Waals surface area contributed by atoms with Gasteiger partial charge in [-0.15, -0.1) is 0 Å². The first-order chi connectivity index (χ1) is 7.25. The fourth-order valence-electron chi connectivity index (χ4n) is 1.98. The van der Waals surface area contributed by atoms with Gasteiger partial charge in [0, 0.05) is 25.7 Å². The van der Waals surface area contributed by atoms with Crippen molar-refractivity contribution in [2.24, 2.45) is 5.92 Å². The van der Waals surface area contributed by atoms with E-state index in [2.05, 4.69) is 17.6 Å². The summed E-state index contributed by atoms with van der Waals surface area (Å²) in [5.74, 6) is 1.10. The molecule has 1 saturated carbocycles. The number of hydrogen-bond donors (Lipinski definition) is 2. The van der Waals surface area contributed by atoms with Crippen LogP contribution in [-0.4, -0.2) is 49.6 Å². The van der Waals surface area contributed by atoms with E-state index >= 15 is 0 Å². The highest BCUT2D eigenvalue weighted by Gasteiger charge is 2.23. The molecule has 0 radical (unpaired) electrons. The molecule has 0 unspecified atom stereocenters. The lowest BCUT2D eigenvalue weighted by Gasteiger charge is -2.32. The second-order valence-electron chi connectivity index (χ2n) is 4.77. The average Bonchev–Trinajstić information content (AvgIpc) is 3.01. The predicted molar refractivity (Wildman–Crippen MR) is 59.6 cm³/mol. The largest absolute Gasteiger partial charge is 0.339 e. The highest BCUT2D eigenvalue weighted by molar-refractivity contribution is 5.78. The predicted octanol–water partition coefficient (Wildman–Crippen LogP) is -0.194. The van der Waals surface area contributed by atoms with Crippen molar-refractivity contribution in [1.82, 2.24) is 15.5 Å². The van der Waals surface area contributed by atoms with E-state index in [1.54, 1.807) is 0 Å². The number of rotatable bonds is 4. The van der Waals surface area contributed by atoms with Crippen LogP contribution in [0.1, 0.15) is 19.8 Å². The summed E-state index contributed by atoms with van der Waals surface area (Å²) in [6.07, 6.45) is 2.68. The van der Waals surface area contributed by atoms with Gasteiger partial charge in [-0.1, -0.05) is 0 Å². The summed E-state index contributed by atoms with van der Waals surface area (Å²) in [6.45, 7) is 6.29. The van der Waals surface area contributed by atoms with Crippen LogP contribution in [0.4, 0.5) is 0 Å². The Bertz CT molecular complexity index is 228. The summed E-state index contributed by atoms with van der Waals surface area (Å²) in [4.78, 5) is 13.7. The van der Waals surface area contributed by atoms with E-state index in [4.69, 9.17) is 0 Å². The van der Waals surface area contributed by atoms with Crippen molar-refractivity contribution in [2.45, 2.75) is 25.8 Å². The first-order valence-corrected chi connectivity index (χ1v) is 5.97. The van der Waals surface area contributed by atoms with E-state index in [0.29, 0.717) is 12.6 Å². The Morgan fingerprint density at radius 3 is 3.00 bits per heavy atom. The summed E-state index contributed by atoms with van der Waals surface area (Å²) < 4.78 is 0. The van der Waals surface area contributed by atoms with Crippen molar-refractivity contribution in [3.8, 4) is 0 Å². The molecule has 1 aliphatic heterocycles. The van der Waals surface area contributed by atoms with Gasteiger partial charge >= 0.3 is 0 Å². The maximum atomic E-state index is 11.8. The molecule has 1 aliphatic carbocycles. The zero-order valence-corrected chi connectivity index (χ0v) is 9.46. The van der Waals surface area contributed by atoms with E-state index in [0.717, 1.165) is 32.1 Å². The molecule has 1 amide bonds. The molecule has 1 saturated heterocycles. The van der Waals surface area contributed by atoms with Gasteiger partial charge < -0.3 is 15.5 Å². The van der Waals surface area contributed by atoms with Gasteiger partial charge in [-0.2, -0.15) is 0 Å². The van der Waals surface area contributed by atoms with Gasteiger partial charge in [0.15, 0.2) is 0 Å². The number of carbonyl (C=O) groups excluding carboxylic acids is 1.